The third kappa shape index (κ3) is 1.51. The summed E-state index contributed by atoms with van der Waals surface area (Å²) in [5, 5.41) is 19.8. The van der Waals surface area contributed by atoms with Crippen LogP contribution < -0.4 is 0 Å². The van der Waals surface area contributed by atoms with Gasteiger partial charge in [-0.25, -0.2) is 9.68 Å². The van der Waals surface area contributed by atoms with Crippen molar-refractivity contribution in [3.63, 3.8) is 0 Å². The van der Waals surface area contributed by atoms with Crippen LogP contribution in [0.2, 0.25) is 0 Å². The molecule has 0 bridgehead atoms. The highest BCUT2D eigenvalue weighted by atomic mass is 17.1. The van der Waals surface area contributed by atoms with Gasteiger partial charge in [-0.15, -0.1) is 0 Å². The molecule has 3 aliphatic rings. The molecule has 3 rings (SSSR count). The predicted octanol–water partition coefficient (Wildman–Crippen LogP) is 1.60. The standard InChI is InChI=1S/C15H18O5/c1-7-4-5-15(20-18)8(2)6-10(16)11-9(3)14(17)19-13(11)12(7)15/h4,10-13,16,18H,2-3,5-6H2,1H3/t10-,11-,12+,13-,15+/m0/s1. The number of ether oxygens (including phenoxy) is 1. The topological polar surface area (TPSA) is 76.0 Å². The fourth-order valence-electron chi connectivity index (χ4n) is 3.87. The van der Waals surface area contributed by atoms with Crippen LogP contribution in [-0.2, 0) is 14.4 Å². The van der Waals surface area contributed by atoms with Crippen molar-refractivity contribution in [1.29, 1.82) is 0 Å². The first-order chi connectivity index (χ1) is 9.42. The molecule has 1 heterocycles. The molecule has 5 atom stereocenters. The molecular weight excluding hydrogens is 260 g/mol. The first-order valence-corrected chi connectivity index (χ1v) is 6.67. The van der Waals surface area contributed by atoms with Crippen LogP contribution in [0, 0.1) is 11.8 Å². The number of esters is 1. The van der Waals surface area contributed by atoms with Crippen molar-refractivity contribution in [2.24, 2.45) is 11.8 Å². The average molecular weight is 278 g/mol. The molecule has 0 radical (unpaired) electrons. The normalized spacial score (nSPS) is 43.8. The quantitative estimate of drug-likeness (QED) is 0.250. The van der Waals surface area contributed by atoms with Crippen LogP contribution in [0.5, 0.6) is 0 Å². The number of aliphatic hydroxyl groups is 1. The first kappa shape index (κ1) is 13.5. The lowest BCUT2D eigenvalue weighted by molar-refractivity contribution is -0.323. The summed E-state index contributed by atoms with van der Waals surface area (Å²) in [5.74, 6) is -1.31. The van der Waals surface area contributed by atoms with Crippen molar-refractivity contribution in [2.75, 3.05) is 0 Å². The number of carbonyl (C=O) groups is 1. The van der Waals surface area contributed by atoms with E-state index in [0.29, 0.717) is 12.0 Å². The number of fused-ring (bicyclic) bond motifs is 3. The molecule has 1 aliphatic heterocycles. The van der Waals surface area contributed by atoms with E-state index in [1.807, 2.05) is 13.0 Å². The second-order valence-corrected chi connectivity index (χ2v) is 5.91. The van der Waals surface area contributed by atoms with Crippen molar-refractivity contribution in [1.82, 2.24) is 0 Å². The maximum atomic E-state index is 11.8. The van der Waals surface area contributed by atoms with Gasteiger partial charge in [0.05, 0.1) is 17.9 Å². The Morgan fingerprint density at radius 1 is 1.50 bits per heavy atom. The van der Waals surface area contributed by atoms with Gasteiger partial charge in [-0.2, -0.15) is 0 Å². The van der Waals surface area contributed by atoms with Crippen LogP contribution in [-0.4, -0.2) is 34.1 Å². The van der Waals surface area contributed by atoms with E-state index in [2.05, 4.69) is 13.2 Å². The van der Waals surface area contributed by atoms with E-state index in [1.54, 1.807) is 0 Å². The maximum absolute atomic E-state index is 11.8. The van der Waals surface area contributed by atoms with Gasteiger partial charge >= 0.3 is 5.97 Å². The molecule has 5 nitrogen and oxygen atoms in total. The van der Waals surface area contributed by atoms with Gasteiger partial charge in [-0.05, 0) is 18.9 Å². The third-order valence-corrected chi connectivity index (χ3v) is 4.94. The molecule has 0 aromatic heterocycles. The van der Waals surface area contributed by atoms with Crippen LogP contribution in [0.3, 0.4) is 0 Å². The van der Waals surface area contributed by atoms with Crippen LogP contribution in [0.15, 0.2) is 36.0 Å². The van der Waals surface area contributed by atoms with E-state index in [0.717, 1.165) is 5.57 Å². The molecule has 5 heteroatoms. The van der Waals surface area contributed by atoms with Crippen molar-refractivity contribution >= 4 is 5.97 Å². The summed E-state index contributed by atoms with van der Waals surface area (Å²) in [7, 11) is 0. The molecule has 20 heavy (non-hydrogen) atoms. The summed E-state index contributed by atoms with van der Waals surface area (Å²) in [5.41, 5.74) is 0.842. The highest BCUT2D eigenvalue weighted by molar-refractivity contribution is 5.91. The van der Waals surface area contributed by atoms with Crippen LogP contribution in [0.4, 0.5) is 0 Å². The molecule has 0 aromatic carbocycles. The number of hydrogen-bond donors (Lipinski definition) is 2. The number of aliphatic hydroxyl groups excluding tert-OH is 1. The summed E-state index contributed by atoms with van der Waals surface area (Å²) in [6.07, 6.45) is 1.27. The lowest BCUT2D eigenvalue weighted by atomic mass is 9.77. The number of rotatable bonds is 1. The average Bonchev–Trinajstić information content (AvgIpc) is 2.85. The Morgan fingerprint density at radius 3 is 2.85 bits per heavy atom. The fourth-order valence-corrected chi connectivity index (χ4v) is 3.87. The molecule has 1 saturated carbocycles. The van der Waals surface area contributed by atoms with E-state index in [4.69, 9.17) is 9.62 Å². The van der Waals surface area contributed by atoms with Crippen LogP contribution in [0.25, 0.3) is 0 Å². The molecule has 2 fully saturated rings. The minimum absolute atomic E-state index is 0.245. The zero-order chi connectivity index (χ0) is 14.7. The Balaban J connectivity index is 2.13. The van der Waals surface area contributed by atoms with Gasteiger partial charge in [0.2, 0.25) is 0 Å². The van der Waals surface area contributed by atoms with E-state index in [9.17, 15) is 15.2 Å². The van der Waals surface area contributed by atoms with Crippen LogP contribution in [0.1, 0.15) is 19.8 Å². The fraction of sp³-hybridized carbons (Fsp3) is 0.533. The van der Waals surface area contributed by atoms with Crippen molar-refractivity contribution in [3.8, 4) is 0 Å². The van der Waals surface area contributed by atoms with E-state index in [-0.39, 0.29) is 17.9 Å². The van der Waals surface area contributed by atoms with Crippen LogP contribution >= 0.6 is 0 Å². The van der Waals surface area contributed by atoms with Gasteiger partial charge in [-0.3, -0.25) is 5.26 Å². The summed E-state index contributed by atoms with van der Waals surface area (Å²) in [6.45, 7) is 9.61. The van der Waals surface area contributed by atoms with E-state index >= 15 is 0 Å². The summed E-state index contributed by atoms with van der Waals surface area (Å²) >= 11 is 0. The van der Waals surface area contributed by atoms with Crippen molar-refractivity contribution in [3.05, 3.63) is 36.0 Å². The summed E-state index contributed by atoms with van der Waals surface area (Å²) < 4.78 is 5.42. The predicted molar refractivity (Wildman–Crippen MR) is 70.6 cm³/mol. The minimum Gasteiger partial charge on any atom is -0.457 e. The molecule has 0 aromatic rings. The zero-order valence-electron chi connectivity index (χ0n) is 11.3. The molecule has 2 aliphatic carbocycles. The van der Waals surface area contributed by atoms with Crippen molar-refractivity contribution < 1.29 is 24.8 Å². The summed E-state index contributed by atoms with van der Waals surface area (Å²) in [6, 6.07) is 0. The number of carbonyl (C=O) groups excluding carboxylic acids is 1. The second-order valence-electron chi connectivity index (χ2n) is 5.91. The highest BCUT2D eigenvalue weighted by Gasteiger charge is 2.60. The molecule has 0 unspecified atom stereocenters. The molecule has 0 spiro atoms. The van der Waals surface area contributed by atoms with Gasteiger partial charge in [0.15, 0.2) is 0 Å². The Hall–Kier alpha value is -1.43. The van der Waals surface area contributed by atoms with E-state index < -0.39 is 29.7 Å². The molecule has 2 N–H and O–H groups in total. The van der Waals surface area contributed by atoms with E-state index in [1.165, 1.54) is 0 Å². The zero-order valence-corrected chi connectivity index (χ0v) is 11.3. The smallest absolute Gasteiger partial charge is 0.334 e. The van der Waals surface area contributed by atoms with Gasteiger partial charge in [0.25, 0.3) is 0 Å². The first-order valence-electron chi connectivity index (χ1n) is 6.67. The van der Waals surface area contributed by atoms with Gasteiger partial charge in [0.1, 0.15) is 11.7 Å². The highest BCUT2D eigenvalue weighted by Crippen LogP contribution is 2.53. The second kappa shape index (κ2) is 4.28. The largest absolute Gasteiger partial charge is 0.457 e. The Labute approximate surface area is 117 Å². The van der Waals surface area contributed by atoms with Gasteiger partial charge in [-0.1, -0.05) is 24.8 Å². The minimum atomic E-state index is -1.02. The molecular formula is C15H18O5. The lowest BCUT2D eigenvalue weighted by Gasteiger charge is -2.36. The molecule has 0 amide bonds. The maximum Gasteiger partial charge on any atom is 0.334 e. The third-order valence-electron chi connectivity index (χ3n) is 4.94. The Morgan fingerprint density at radius 2 is 2.20 bits per heavy atom. The SMILES string of the molecule is C=C1C(=O)O[C@H]2[C@@H]1[C@@H](O)CC(=C)[C@]1(OO)CC=C(C)[C@H]21. The number of hydrogen-bond acceptors (Lipinski definition) is 5. The Kier molecular flexibility index (Phi) is 2.90. The molecule has 108 valence electrons. The lowest BCUT2D eigenvalue weighted by Crippen LogP contribution is -2.45. The summed E-state index contributed by atoms with van der Waals surface area (Å²) in [4.78, 5) is 16.6. The monoisotopic (exact) mass is 278 g/mol. The Bertz CT molecular complexity index is 534. The van der Waals surface area contributed by atoms with Gasteiger partial charge in [0, 0.05) is 12.0 Å². The molecule has 1 saturated heterocycles. The van der Waals surface area contributed by atoms with Gasteiger partial charge < -0.3 is 9.84 Å². The van der Waals surface area contributed by atoms with Crippen molar-refractivity contribution in [2.45, 2.75) is 37.6 Å².